The molecule has 0 spiro atoms. The highest BCUT2D eigenvalue weighted by Crippen LogP contribution is 2.44. The zero-order chi connectivity index (χ0) is 21.6. The number of rotatable bonds is 4. The van der Waals surface area contributed by atoms with Crippen LogP contribution in [0, 0.1) is 0 Å². The van der Waals surface area contributed by atoms with E-state index in [1.165, 1.54) is 0 Å². The van der Waals surface area contributed by atoms with Gasteiger partial charge in [0.2, 0.25) is 0 Å². The molecule has 0 amide bonds. The van der Waals surface area contributed by atoms with Gasteiger partial charge in [-0.2, -0.15) is 0 Å². The monoisotopic (exact) mass is 416 g/mol. The van der Waals surface area contributed by atoms with Gasteiger partial charge < -0.3 is 29.5 Å². The number of Topliss-reactive ketones (excluding diaryl/α,β-unsaturated/α-hetero) is 1. The second kappa shape index (κ2) is 7.96. The molecule has 160 valence electrons. The molecule has 8 heteroatoms. The molecule has 2 aliphatic heterocycles. The Hall–Kier alpha value is -2.52. The van der Waals surface area contributed by atoms with Crippen molar-refractivity contribution in [3.8, 4) is 5.75 Å². The fraction of sp³-hybridized carbons (Fsp3) is 0.455. The summed E-state index contributed by atoms with van der Waals surface area (Å²) in [7, 11) is 0. The third-order valence-electron chi connectivity index (χ3n) is 5.55. The van der Waals surface area contributed by atoms with Crippen molar-refractivity contribution in [2.24, 2.45) is 0 Å². The zero-order valence-electron chi connectivity index (χ0n) is 16.8. The molecule has 1 saturated heterocycles. The van der Waals surface area contributed by atoms with Gasteiger partial charge in [0.15, 0.2) is 17.9 Å². The number of ether oxygens (including phenoxy) is 3. The third kappa shape index (κ3) is 3.35. The quantitative estimate of drug-likeness (QED) is 0.681. The van der Waals surface area contributed by atoms with Crippen LogP contribution in [0.3, 0.4) is 0 Å². The molecular formula is C22H24O8. The van der Waals surface area contributed by atoms with E-state index in [4.69, 9.17) is 14.2 Å². The molecule has 2 heterocycles. The van der Waals surface area contributed by atoms with E-state index >= 15 is 0 Å². The molecule has 4 atom stereocenters. The number of carbonyl (C=O) groups excluding carboxylic acids is 2. The summed E-state index contributed by atoms with van der Waals surface area (Å²) in [6.45, 7) is 3.17. The van der Waals surface area contributed by atoms with Crippen LogP contribution in [-0.2, 0) is 14.2 Å². The fourth-order valence-electron chi connectivity index (χ4n) is 4.10. The van der Waals surface area contributed by atoms with Crippen LogP contribution in [0.1, 0.15) is 64.6 Å². The summed E-state index contributed by atoms with van der Waals surface area (Å²) in [6, 6.07) is 1.61. The SMILES string of the molecule is CCC[C@H]1OC(C)=Cc2cc3c(c(O)c21)C(=O)C(C1OC[C@@H](O)[C@H](CO)O1)=CC3=O. The van der Waals surface area contributed by atoms with Crippen molar-refractivity contribution < 1.29 is 39.1 Å². The van der Waals surface area contributed by atoms with Gasteiger partial charge in [0, 0.05) is 11.1 Å². The molecule has 1 aromatic rings. The fourth-order valence-corrected chi connectivity index (χ4v) is 4.10. The maximum Gasteiger partial charge on any atom is 0.198 e. The van der Waals surface area contributed by atoms with Gasteiger partial charge in [-0.1, -0.05) is 13.3 Å². The number of phenols is 1. The Morgan fingerprint density at radius 3 is 2.70 bits per heavy atom. The highest BCUT2D eigenvalue weighted by Gasteiger charge is 2.40. The van der Waals surface area contributed by atoms with E-state index in [0.29, 0.717) is 23.3 Å². The average Bonchev–Trinajstić information content (AvgIpc) is 2.70. The normalized spacial score (nSPS) is 28.3. The van der Waals surface area contributed by atoms with E-state index in [2.05, 4.69) is 0 Å². The number of hydrogen-bond donors (Lipinski definition) is 3. The first-order valence-electron chi connectivity index (χ1n) is 9.97. The number of ketones is 2. The lowest BCUT2D eigenvalue weighted by molar-refractivity contribution is -0.241. The van der Waals surface area contributed by atoms with Gasteiger partial charge in [-0.05, 0) is 37.1 Å². The maximum absolute atomic E-state index is 13.3. The van der Waals surface area contributed by atoms with Crippen molar-refractivity contribution in [3.63, 3.8) is 0 Å². The van der Waals surface area contributed by atoms with Crippen LogP contribution in [0.4, 0.5) is 0 Å². The van der Waals surface area contributed by atoms with E-state index in [1.54, 1.807) is 19.1 Å². The molecule has 1 fully saturated rings. The number of fused-ring (bicyclic) bond motifs is 2. The molecule has 30 heavy (non-hydrogen) atoms. The number of allylic oxidation sites excluding steroid dienone is 2. The molecule has 3 N–H and O–H groups in total. The standard InChI is InChI=1S/C22H24O8/c1-3-4-16-18-11(5-10(2)29-16)6-12-14(24)7-13(20(26)19(12)21(18)27)22-28-9-15(25)17(8-23)30-22/h5-7,15-17,22-23,25,27H,3-4,8-9H2,1-2H3/t15-,16-,17+,22?/m1/s1. The predicted octanol–water partition coefficient (Wildman–Crippen LogP) is 2.02. The molecule has 0 radical (unpaired) electrons. The molecule has 0 aromatic heterocycles. The molecule has 0 saturated carbocycles. The largest absolute Gasteiger partial charge is 0.507 e. The summed E-state index contributed by atoms with van der Waals surface area (Å²) in [5.74, 6) is -0.655. The minimum Gasteiger partial charge on any atom is -0.507 e. The first-order chi connectivity index (χ1) is 14.3. The van der Waals surface area contributed by atoms with Gasteiger partial charge in [0.05, 0.1) is 30.1 Å². The molecule has 1 aliphatic carbocycles. The van der Waals surface area contributed by atoms with Gasteiger partial charge in [0.25, 0.3) is 0 Å². The molecule has 1 unspecified atom stereocenters. The maximum atomic E-state index is 13.3. The molecule has 3 aliphatic rings. The third-order valence-corrected chi connectivity index (χ3v) is 5.55. The Balaban J connectivity index is 1.77. The summed E-state index contributed by atoms with van der Waals surface area (Å²) >= 11 is 0. The second-order valence-corrected chi connectivity index (χ2v) is 7.68. The van der Waals surface area contributed by atoms with E-state index in [0.717, 1.165) is 12.5 Å². The van der Waals surface area contributed by atoms with Crippen molar-refractivity contribution in [3.05, 3.63) is 45.7 Å². The van der Waals surface area contributed by atoms with Crippen molar-refractivity contribution in [1.29, 1.82) is 0 Å². The highest BCUT2D eigenvalue weighted by atomic mass is 16.7. The van der Waals surface area contributed by atoms with Gasteiger partial charge in [-0.25, -0.2) is 0 Å². The van der Waals surface area contributed by atoms with E-state index in [9.17, 15) is 24.9 Å². The van der Waals surface area contributed by atoms with Crippen LogP contribution >= 0.6 is 0 Å². The zero-order valence-corrected chi connectivity index (χ0v) is 16.8. The Labute approximate surface area is 173 Å². The Bertz CT molecular complexity index is 960. The van der Waals surface area contributed by atoms with Gasteiger partial charge in [-0.3, -0.25) is 9.59 Å². The lowest BCUT2D eigenvalue weighted by atomic mass is 9.82. The van der Waals surface area contributed by atoms with Gasteiger partial charge >= 0.3 is 0 Å². The van der Waals surface area contributed by atoms with Crippen LogP contribution in [0.5, 0.6) is 5.75 Å². The first kappa shape index (κ1) is 20.7. The first-order valence-corrected chi connectivity index (χ1v) is 9.97. The van der Waals surface area contributed by atoms with E-state index in [-0.39, 0.29) is 29.1 Å². The van der Waals surface area contributed by atoms with Crippen LogP contribution in [0.15, 0.2) is 23.5 Å². The topological polar surface area (TPSA) is 123 Å². The van der Waals surface area contributed by atoms with Gasteiger partial charge in [-0.15, -0.1) is 0 Å². The summed E-state index contributed by atoms with van der Waals surface area (Å²) in [4.78, 5) is 26.1. The lowest BCUT2D eigenvalue weighted by Crippen LogP contribution is -2.47. The van der Waals surface area contributed by atoms with Crippen molar-refractivity contribution in [2.75, 3.05) is 13.2 Å². The summed E-state index contributed by atoms with van der Waals surface area (Å²) in [5.41, 5.74) is 1.06. The molecule has 0 bridgehead atoms. The summed E-state index contributed by atoms with van der Waals surface area (Å²) in [6.07, 6.45) is 0.675. The van der Waals surface area contributed by atoms with Crippen molar-refractivity contribution >= 4 is 17.6 Å². The molecule has 4 rings (SSSR count). The van der Waals surface area contributed by atoms with E-state index in [1.807, 2.05) is 6.92 Å². The number of phenolic OH excluding ortho intramolecular Hbond substituents is 1. The van der Waals surface area contributed by atoms with Crippen LogP contribution in [0.25, 0.3) is 6.08 Å². The van der Waals surface area contributed by atoms with Crippen LogP contribution < -0.4 is 0 Å². The number of aromatic hydroxyl groups is 1. The highest BCUT2D eigenvalue weighted by molar-refractivity contribution is 6.26. The number of benzene rings is 1. The van der Waals surface area contributed by atoms with Crippen LogP contribution in [-0.4, -0.2) is 58.6 Å². The lowest BCUT2D eigenvalue weighted by Gasteiger charge is -2.35. The number of hydrogen-bond acceptors (Lipinski definition) is 8. The number of carbonyl (C=O) groups is 2. The van der Waals surface area contributed by atoms with Crippen molar-refractivity contribution in [1.82, 2.24) is 0 Å². The Morgan fingerprint density at radius 1 is 1.23 bits per heavy atom. The molecule has 8 nitrogen and oxygen atoms in total. The Kier molecular flexibility index (Phi) is 5.50. The van der Waals surface area contributed by atoms with Gasteiger partial charge in [0.1, 0.15) is 24.1 Å². The number of aliphatic hydroxyl groups is 2. The molecular weight excluding hydrogens is 392 g/mol. The Morgan fingerprint density at radius 2 is 2.00 bits per heavy atom. The predicted molar refractivity (Wildman–Crippen MR) is 105 cm³/mol. The van der Waals surface area contributed by atoms with E-state index < -0.39 is 42.8 Å². The second-order valence-electron chi connectivity index (χ2n) is 7.68. The summed E-state index contributed by atoms with van der Waals surface area (Å²) in [5, 5.41) is 30.2. The minimum atomic E-state index is -1.23. The summed E-state index contributed by atoms with van der Waals surface area (Å²) < 4.78 is 16.7. The minimum absolute atomic E-state index is 0.0800. The average molecular weight is 416 g/mol. The van der Waals surface area contributed by atoms with Crippen LogP contribution in [0.2, 0.25) is 0 Å². The molecule has 1 aromatic carbocycles. The van der Waals surface area contributed by atoms with Crippen molar-refractivity contribution in [2.45, 2.75) is 51.3 Å². The number of aliphatic hydroxyl groups excluding tert-OH is 2. The smallest absolute Gasteiger partial charge is 0.198 e.